The van der Waals surface area contributed by atoms with Gasteiger partial charge in [-0.3, -0.25) is 0 Å². The van der Waals surface area contributed by atoms with Crippen LogP contribution in [0.3, 0.4) is 0 Å². The normalized spacial score (nSPS) is 16.2. The van der Waals surface area contributed by atoms with Crippen LogP contribution in [-0.2, 0) is 6.54 Å². The Kier molecular flexibility index (Phi) is 5.78. The van der Waals surface area contributed by atoms with E-state index < -0.39 is 6.61 Å². The second kappa shape index (κ2) is 8.22. The minimum Gasteiger partial charge on any atom is -0.454 e. The van der Waals surface area contributed by atoms with E-state index in [0.717, 1.165) is 25.4 Å². The molecule has 0 aromatic heterocycles. The molecule has 2 aliphatic rings. The molecule has 1 heterocycles. The van der Waals surface area contributed by atoms with Crippen LogP contribution in [0.4, 0.5) is 8.78 Å². The van der Waals surface area contributed by atoms with Gasteiger partial charge in [0.25, 0.3) is 0 Å². The Labute approximate surface area is 145 Å². The predicted octanol–water partition coefficient (Wildman–Crippen LogP) is 2.87. The Hall–Kier alpha value is -2.25. The smallest absolute Gasteiger partial charge is 0.387 e. The van der Waals surface area contributed by atoms with Crippen LogP contribution in [0, 0.1) is 5.92 Å². The summed E-state index contributed by atoms with van der Waals surface area (Å²) in [6.07, 6.45) is 3.73. The Morgan fingerprint density at radius 1 is 1.28 bits per heavy atom. The Morgan fingerprint density at radius 3 is 2.72 bits per heavy atom. The van der Waals surface area contributed by atoms with Gasteiger partial charge in [-0.1, -0.05) is 12.8 Å². The average Bonchev–Trinajstić information content (AvgIpc) is 3.28. The van der Waals surface area contributed by atoms with Crippen molar-refractivity contribution < 1.29 is 23.0 Å². The zero-order chi connectivity index (χ0) is 17.6. The van der Waals surface area contributed by atoms with Gasteiger partial charge in [-0.05, 0) is 25.3 Å². The van der Waals surface area contributed by atoms with Gasteiger partial charge in [0.05, 0.1) is 6.54 Å². The third-order valence-electron chi connectivity index (χ3n) is 4.07. The number of aliphatic imine (C=N–C) groups is 1. The number of benzene rings is 1. The zero-order valence-corrected chi connectivity index (χ0v) is 14.2. The van der Waals surface area contributed by atoms with E-state index >= 15 is 0 Å². The van der Waals surface area contributed by atoms with Crippen molar-refractivity contribution in [2.75, 3.05) is 19.9 Å². The van der Waals surface area contributed by atoms with Gasteiger partial charge in [0.1, 0.15) is 5.75 Å². The second-order valence-corrected chi connectivity index (χ2v) is 6.05. The first-order chi connectivity index (χ1) is 12.2. The van der Waals surface area contributed by atoms with Crippen LogP contribution in [0.5, 0.6) is 17.2 Å². The summed E-state index contributed by atoms with van der Waals surface area (Å²) in [5, 5.41) is 6.42. The molecular formula is C17H23F2N3O3. The lowest BCUT2D eigenvalue weighted by molar-refractivity contribution is -0.0505. The maximum absolute atomic E-state index is 12.7. The van der Waals surface area contributed by atoms with Crippen LogP contribution in [0.1, 0.15) is 31.7 Å². The summed E-state index contributed by atoms with van der Waals surface area (Å²) in [6, 6.07) is 3.06. The van der Waals surface area contributed by atoms with Crippen molar-refractivity contribution in [1.82, 2.24) is 10.6 Å². The fraction of sp³-hybridized carbons (Fsp3) is 0.588. The Bertz CT molecular complexity index is 621. The standard InChI is InChI=1S/C17H23F2N3O3/c1-2-20-17(21-6-5-11-3-4-11)22-9-12-7-14-15(24-10-23-14)8-13(12)25-16(18)19/h7-8,11,16H,2-6,9-10H2,1H3,(H2,20,21,22). The lowest BCUT2D eigenvalue weighted by atomic mass is 10.1. The lowest BCUT2D eigenvalue weighted by Gasteiger charge is -2.13. The summed E-state index contributed by atoms with van der Waals surface area (Å²) in [6.45, 7) is 0.894. The van der Waals surface area contributed by atoms with E-state index in [1.807, 2.05) is 6.92 Å². The summed E-state index contributed by atoms with van der Waals surface area (Å²) < 4.78 is 40.5. The van der Waals surface area contributed by atoms with Crippen molar-refractivity contribution in [3.05, 3.63) is 17.7 Å². The molecule has 1 aliphatic heterocycles. The van der Waals surface area contributed by atoms with Crippen molar-refractivity contribution >= 4 is 5.96 Å². The number of nitrogens with zero attached hydrogens (tertiary/aromatic N) is 1. The van der Waals surface area contributed by atoms with Gasteiger partial charge in [-0.2, -0.15) is 8.78 Å². The summed E-state index contributed by atoms with van der Waals surface area (Å²) in [7, 11) is 0. The zero-order valence-electron chi connectivity index (χ0n) is 14.2. The summed E-state index contributed by atoms with van der Waals surface area (Å²) in [5.74, 6) is 2.45. The molecule has 1 aromatic carbocycles. The second-order valence-electron chi connectivity index (χ2n) is 6.05. The van der Waals surface area contributed by atoms with Crippen LogP contribution < -0.4 is 24.8 Å². The lowest BCUT2D eigenvalue weighted by Crippen LogP contribution is -2.37. The maximum Gasteiger partial charge on any atom is 0.387 e. The highest BCUT2D eigenvalue weighted by Gasteiger charge is 2.21. The van der Waals surface area contributed by atoms with E-state index in [-0.39, 0.29) is 19.1 Å². The molecule has 0 spiro atoms. The SMILES string of the molecule is CCNC(=NCc1cc2c(cc1OC(F)F)OCO2)NCCC1CC1. The molecule has 2 N–H and O–H groups in total. The molecule has 8 heteroatoms. The first kappa shape index (κ1) is 17.6. The van der Waals surface area contributed by atoms with Crippen molar-refractivity contribution in [1.29, 1.82) is 0 Å². The number of alkyl halides is 2. The summed E-state index contributed by atoms with van der Waals surface area (Å²) in [5.41, 5.74) is 0.518. The van der Waals surface area contributed by atoms with Gasteiger partial charge < -0.3 is 24.8 Å². The van der Waals surface area contributed by atoms with Gasteiger partial charge in [-0.15, -0.1) is 0 Å². The molecule has 1 fully saturated rings. The number of guanidine groups is 1. The van der Waals surface area contributed by atoms with E-state index in [0.29, 0.717) is 23.0 Å². The van der Waals surface area contributed by atoms with E-state index in [4.69, 9.17) is 9.47 Å². The van der Waals surface area contributed by atoms with Gasteiger partial charge >= 0.3 is 6.61 Å². The quantitative estimate of drug-likeness (QED) is 0.555. The minimum absolute atomic E-state index is 0.0526. The van der Waals surface area contributed by atoms with Crippen molar-refractivity contribution in [3.8, 4) is 17.2 Å². The average molecular weight is 355 g/mol. The molecule has 0 amide bonds. The maximum atomic E-state index is 12.7. The fourth-order valence-corrected chi connectivity index (χ4v) is 2.60. The Morgan fingerprint density at radius 2 is 2.04 bits per heavy atom. The Balaban J connectivity index is 1.69. The van der Waals surface area contributed by atoms with Crippen LogP contribution in [0.2, 0.25) is 0 Å². The summed E-state index contributed by atoms with van der Waals surface area (Å²) >= 11 is 0. The number of rotatable bonds is 8. The molecule has 138 valence electrons. The van der Waals surface area contributed by atoms with Crippen molar-refractivity contribution in [3.63, 3.8) is 0 Å². The van der Waals surface area contributed by atoms with Crippen molar-refractivity contribution in [2.45, 2.75) is 39.3 Å². The number of ether oxygens (including phenoxy) is 3. The van der Waals surface area contributed by atoms with Gasteiger partial charge in [-0.25, -0.2) is 4.99 Å². The van der Waals surface area contributed by atoms with Crippen LogP contribution in [0.25, 0.3) is 0 Å². The van der Waals surface area contributed by atoms with Gasteiger partial charge in [0.15, 0.2) is 17.5 Å². The van der Waals surface area contributed by atoms with Crippen LogP contribution in [0.15, 0.2) is 17.1 Å². The number of halogens is 2. The molecule has 6 nitrogen and oxygen atoms in total. The third kappa shape index (κ3) is 5.11. The molecular weight excluding hydrogens is 332 g/mol. The monoisotopic (exact) mass is 355 g/mol. The fourth-order valence-electron chi connectivity index (χ4n) is 2.60. The number of hydrogen-bond donors (Lipinski definition) is 2. The summed E-state index contributed by atoms with van der Waals surface area (Å²) in [4.78, 5) is 4.47. The van der Waals surface area contributed by atoms with Crippen molar-refractivity contribution in [2.24, 2.45) is 10.9 Å². The molecule has 0 atom stereocenters. The van der Waals surface area contributed by atoms with Gasteiger partial charge in [0, 0.05) is 24.7 Å². The van der Waals surface area contributed by atoms with E-state index in [2.05, 4.69) is 20.4 Å². The highest BCUT2D eigenvalue weighted by Crippen LogP contribution is 2.39. The molecule has 3 rings (SSSR count). The number of fused-ring (bicyclic) bond motifs is 1. The first-order valence-corrected chi connectivity index (χ1v) is 8.55. The molecule has 25 heavy (non-hydrogen) atoms. The van der Waals surface area contributed by atoms with Crippen LogP contribution >= 0.6 is 0 Å². The van der Waals surface area contributed by atoms with E-state index in [1.54, 1.807) is 6.07 Å². The number of hydrogen-bond acceptors (Lipinski definition) is 4. The molecule has 0 saturated heterocycles. The first-order valence-electron chi connectivity index (χ1n) is 8.55. The number of nitrogens with one attached hydrogen (secondary N) is 2. The third-order valence-corrected chi connectivity index (χ3v) is 4.07. The predicted molar refractivity (Wildman–Crippen MR) is 89.4 cm³/mol. The van der Waals surface area contributed by atoms with E-state index in [9.17, 15) is 8.78 Å². The van der Waals surface area contributed by atoms with Gasteiger partial charge in [0.2, 0.25) is 6.79 Å². The molecule has 0 unspecified atom stereocenters. The highest BCUT2D eigenvalue weighted by atomic mass is 19.3. The molecule has 0 radical (unpaired) electrons. The van der Waals surface area contributed by atoms with Crippen LogP contribution in [-0.4, -0.2) is 32.5 Å². The highest BCUT2D eigenvalue weighted by molar-refractivity contribution is 5.79. The molecule has 1 saturated carbocycles. The molecule has 0 bridgehead atoms. The molecule has 1 aromatic rings. The molecule has 1 aliphatic carbocycles. The topological polar surface area (TPSA) is 64.1 Å². The largest absolute Gasteiger partial charge is 0.454 e. The minimum atomic E-state index is -2.91. The van der Waals surface area contributed by atoms with E-state index in [1.165, 1.54) is 18.9 Å².